The number of urea groups is 1. The number of benzene rings is 2. The average molecular weight is 329 g/mol. The van der Waals surface area contributed by atoms with Gasteiger partial charge in [0.25, 0.3) is 0 Å². The van der Waals surface area contributed by atoms with Gasteiger partial charge in [0.2, 0.25) is 0 Å². The number of carbonyl (C=O) groups is 1. The first-order valence-electron chi connectivity index (χ1n) is 6.27. The molecular formula is C15H12ClF3N2O. The van der Waals surface area contributed by atoms with Crippen molar-refractivity contribution in [3.63, 3.8) is 0 Å². The summed E-state index contributed by atoms with van der Waals surface area (Å²) in [5, 5.41) is 5.44. The molecule has 0 aliphatic carbocycles. The largest absolute Gasteiger partial charge is 0.416 e. The molecule has 0 spiro atoms. The molecule has 0 bridgehead atoms. The van der Waals surface area contributed by atoms with Crippen LogP contribution in [0.5, 0.6) is 0 Å². The van der Waals surface area contributed by atoms with Gasteiger partial charge < -0.3 is 10.6 Å². The summed E-state index contributed by atoms with van der Waals surface area (Å²) in [4.78, 5) is 11.8. The maximum Gasteiger partial charge on any atom is 0.416 e. The van der Waals surface area contributed by atoms with Crippen molar-refractivity contribution in [2.24, 2.45) is 0 Å². The summed E-state index contributed by atoms with van der Waals surface area (Å²) in [5.41, 5.74) is 0.493. The van der Waals surface area contributed by atoms with Gasteiger partial charge in [0.1, 0.15) is 0 Å². The highest BCUT2D eigenvalue weighted by molar-refractivity contribution is 6.30. The van der Waals surface area contributed by atoms with Crippen LogP contribution in [0.1, 0.15) is 11.1 Å². The van der Waals surface area contributed by atoms with Gasteiger partial charge >= 0.3 is 12.2 Å². The van der Waals surface area contributed by atoms with E-state index in [-0.39, 0.29) is 5.69 Å². The molecule has 0 radical (unpaired) electrons. The number of rotatable bonds is 2. The monoisotopic (exact) mass is 328 g/mol. The molecule has 2 amide bonds. The van der Waals surface area contributed by atoms with Crippen molar-refractivity contribution in [2.45, 2.75) is 13.1 Å². The topological polar surface area (TPSA) is 41.1 Å². The third kappa shape index (κ3) is 4.14. The first-order chi connectivity index (χ1) is 10.3. The highest BCUT2D eigenvalue weighted by atomic mass is 35.5. The van der Waals surface area contributed by atoms with Crippen LogP contribution >= 0.6 is 11.6 Å². The predicted octanol–water partition coefficient (Wildman–Crippen LogP) is 5.31. The zero-order valence-electron chi connectivity index (χ0n) is 11.5. The van der Waals surface area contributed by atoms with Crippen molar-refractivity contribution in [2.75, 3.05) is 10.6 Å². The maximum absolute atomic E-state index is 12.6. The van der Waals surface area contributed by atoms with Crippen LogP contribution in [0.4, 0.5) is 29.3 Å². The molecule has 0 saturated carbocycles. The van der Waals surface area contributed by atoms with E-state index in [1.54, 1.807) is 25.1 Å². The highest BCUT2D eigenvalue weighted by Gasteiger charge is 2.30. The maximum atomic E-state index is 12.6. The van der Waals surface area contributed by atoms with Crippen LogP contribution < -0.4 is 10.6 Å². The van der Waals surface area contributed by atoms with E-state index >= 15 is 0 Å². The number of hydrogen-bond donors (Lipinski definition) is 2. The number of hydrogen-bond acceptors (Lipinski definition) is 1. The Labute approximate surface area is 130 Å². The van der Waals surface area contributed by atoms with E-state index in [4.69, 9.17) is 11.6 Å². The zero-order chi connectivity index (χ0) is 16.3. The Morgan fingerprint density at radius 1 is 1.09 bits per heavy atom. The van der Waals surface area contributed by atoms with Gasteiger partial charge in [-0.1, -0.05) is 17.7 Å². The normalized spacial score (nSPS) is 11.1. The molecule has 7 heteroatoms. The van der Waals surface area contributed by atoms with Crippen molar-refractivity contribution < 1.29 is 18.0 Å². The Morgan fingerprint density at radius 2 is 1.82 bits per heavy atom. The first-order valence-corrected chi connectivity index (χ1v) is 6.65. The van der Waals surface area contributed by atoms with E-state index in [9.17, 15) is 18.0 Å². The van der Waals surface area contributed by atoms with Gasteiger partial charge in [0.05, 0.1) is 5.56 Å². The lowest BCUT2D eigenvalue weighted by atomic mass is 10.2. The molecule has 0 aromatic heterocycles. The van der Waals surface area contributed by atoms with E-state index in [2.05, 4.69) is 10.6 Å². The van der Waals surface area contributed by atoms with Crippen molar-refractivity contribution in [1.29, 1.82) is 0 Å². The Hall–Kier alpha value is -2.21. The highest BCUT2D eigenvalue weighted by Crippen LogP contribution is 2.30. The lowest BCUT2D eigenvalue weighted by Gasteiger charge is -2.12. The van der Waals surface area contributed by atoms with Crippen molar-refractivity contribution in [3.8, 4) is 0 Å². The molecule has 0 aliphatic rings. The molecule has 2 rings (SSSR count). The minimum Gasteiger partial charge on any atom is -0.308 e. The molecule has 3 nitrogen and oxygen atoms in total. The van der Waals surface area contributed by atoms with Gasteiger partial charge in [-0.15, -0.1) is 0 Å². The SMILES string of the molecule is Cc1cc(Cl)ccc1NC(=O)Nc1cccc(C(F)(F)F)c1. The number of anilines is 2. The first kappa shape index (κ1) is 16.2. The van der Waals surface area contributed by atoms with E-state index in [1.807, 2.05) is 0 Å². The summed E-state index contributed by atoms with van der Waals surface area (Å²) in [5.74, 6) is 0. The average Bonchev–Trinajstić information content (AvgIpc) is 2.41. The second-order valence-electron chi connectivity index (χ2n) is 4.62. The summed E-state index contributed by atoms with van der Waals surface area (Å²) in [6.07, 6.45) is -4.46. The standard InChI is InChI=1S/C15H12ClF3N2O/c1-9-7-11(16)5-6-13(9)21-14(22)20-12-4-2-3-10(8-12)15(17,18)19/h2-8H,1H3,(H2,20,21,22). The molecule has 22 heavy (non-hydrogen) atoms. The molecule has 2 aromatic carbocycles. The Morgan fingerprint density at radius 3 is 2.45 bits per heavy atom. The van der Waals surface area contributed by atoms with Crippen molar-refractivity contribution in [3.05, 3.63) is 58.6 Å². The van der Waals surface area contributed by atoms with Crippen LogP contribution in [-0.2, 0) is 6.18 Å². The molecule has 0 fully saturated rings. The van der Waals surface area contributed by atoms with Crippen molar-refractivity contribution >= 4 is 29.0 Å². The molecule has 0 aliphatic heterocycles. The number of amides is 2. The fourth-order valence-electron chi connectivity index (χ4n) is 1.83. The molecular weight excluding hydrogens is 317 g/mol. The molecule has 0 unspecified atom stereocenters. The van der Waals surface area contributed by atoms with Gasteiger partial charge in [-0.3, -0.25) is 0 Å². The smallest absolute Gasteiger partial charge is 0.308 e. The Bertz CT molecular complexity index is 701. The zero-order valence-corrected chi connectivity index (χ0v) is 12.2. The summed E-state index contributed by atoms with van der Waals surface area (Å²) in [6, 6.07) is 8.67. The van der Waals surface area contributed by atoms with Gasteiger partial charge in [-0.25, -0.2) is 4.79 Å². The predicted molar refractivity (Wildman–Crippen MR) is 80.3 cm³/mol. The van der Waals surface area contributed by atoms with Gasteiger partial charge in [0, 0.05) is 16.4 Å². The van der Waals surface area contributed by atoms with Crippen LogP contribution in [-0.4, -0.2) is 6.03 Å². The lowest BCUT2D eigenvalue weighted by molar-refractivity contribution is -0.137. The number of aryl methyl sites for hydroxylation is 1. The Balaban J connectivity index is 2.09. The third-order valence-corrected chi connectivity index (χ3v) is 3.12. The van der Waals surface area contributed by atoms with E-state index in [0.717, 1.165) is 17.7 Å². The van der Waals surface area contributed by atoms with E-state index in [0.29, 0.717) is 10.7 Å². The van der Waals surface area contributed by atoms with Crippen LogP contribution in [0, 0.1) is 6.92 Å². The quantitative estimate of drug-likeness (QED) is 0.770. The minimum atomic E-state index is -4.46. The van der Waals surface area contributed by atoms with Gasteiger partial charge in [-0.2, -0.15) is 13.2 Å². The second kappa shape index (κ2) is 6.27. The number of carbonyl (C=O) groups excluding carboxylic acids is 1. The molecule has 116 valence electrons. The molecule has 0 saturated heterocycles. The van der Waals surface area contributed by atoms with Crippen molar-refractivity contribution in [1.82, 2.24) is 0 Å². The summed E-state index contributed by atoms with van der Waals surface area (Å²) >= 11 is 5.81. The minimum absolute atomic E-state index is 0.0546. The molecule has 0 atom stereocenters. The third-order valence-electron chi connectivity index (χ3n) is 2.88. The van der Waals surface area contributed by atoms with Crippen LogP contribution in [0.15, 0.2) is 42.5 Å². The number of nitrogens with one attached hydrogen (secondary N) is 2. The fourth-order valence-corrected chi connectivity index (χ4v) is 2.05. The van der Waals surface area contributed by atoms with Crippen LogP contribution in [0.25, 0.3) is 0 Å². The number of alkyl halides is 3. The molecule has 2 aromatic rings. The Kier molecular flexibility index (Phi) is 4.61. The lowest BCUT2D eigenvalue weighted by Crippen LogP contribution is -2.20. The molecule has 0 heterocycles. The van der Waals surface area contributed by atoms with Gasteiger partial charge in [0.15, 0.2) is 0 Å². The number of halogens is 4. The van der Waals surface area contributed by atoms with Gasteiger partial charge in [-0.05, 0) is 48.9 Å². The molecule has 2 N–H and O–H groups in total. The van der Waals surface area contributed by atoms with E-state index < -0.39 is 17.8 Å². The van der Waals surface area contributed by atoms with Crippen LogP contribution in [0.3, 0.4) is 0 Å². The van der Waals surface area contributed by atoms with E-state index in [1.165, 1.54) is 12.1 Å². The fraction of sp³-hybridized carbons (Fsp3) is 0.133. The summed E-state index contributed by atoms with van der Waals surface area (Å²) in [7, 11) is 0. The summed E-state index contributed by atoms with van der Waals surface area (Å²) in [6.45, 7) is 1.76. The summed E-state index contributed by atoms with van der Waals surface area (Å²) < 4.78 is 37.8. The second-order valence-corrected chi connectivity index (χ2v) is 5.05. The van der Waals surface area contributed by atoms with Crippen LogP contribution in [0.2, 0.25) is 5.02 Å².